The molecule has 25 heavy (non-hydrogen) atoms. The van der Waals surface area contributed by atoms with Crippen LogP contribution < -0.4 is 10.3 Å². The summed E-state index contributed by atoms with van der Waals surface area (Å²) in [4.78, 5) is 28.3. The van der Waals surface area contributed by atoms with Crippen molar-refractivity contribution in [2.24, 2.45) is 5.10 Å². The molecular weight excluding hydrogens is 386 g/mol. The number of nitrogens with zero attached hydrogens (tertiary/aromatic N) is 3. The molecule has 2 aromatic carbocycles. The molecule has 6 nitrogen and oxygen atoms in total. The highest BCUT2D eigenvalue weighted by Gasteiger charge is 2.08. The van der Waals surface area contributed by atoms with Crippen molar-refractivity contribution < 1.29 is 9.53 Å². The second-order valence-electron chi connectivity index (χ2n) is 5.31. The molecule has 126 valence electrons. The molecule has 0 atom stereocenters. The van der Waals surface area contributed by atoms with Gasteiger partial charge in [0.2, 0.25) is 0 Å². The first-order valence-corrected chi connectivity index (χ1v) is 8.26. The Bertz CT molecular complexity index is 1060. The minimum absolute atomic E-state index is 0.273. The number of hydrogen-bond donors (Lipinski definition) is 0. The van der Waals surface area contributed by atoms with Crippen LogP contribution in [-0.4, -0.2) is 21.8 Å². The number of ether oxygens (including phenoxy) is 1. The predicted octanol–water partition coefficient (Wildman–Crippen LogP) is 3.27. The molecule has 0 unspecified atom stereocenters. The Morgan fingerprint density at radius 2 is 2.04 bits per heavy atom. The minimum atomic E-state index is -0.425. The number of aromatic nitrogens is 2. The molecule has 0 bridgehead atoms. The summed E-state index contributed by atoms with van der Waals surface area (Å²) in [5.74, 6) is 0.411. The van der Waals surface area contributed by atoms with Gasteiger partial charge in [-0.3, -0.25) is 9.59 Å². The first-order chi connectivity index (χ1) is 12.0. The van der Waals surface area contributed by atoms with Gasteiger partial charge in [0.25, 0.3) is 5.56 Å². The van der Waals surface area contributed by atoms with E-state index in [0.717, 1.165) is 4.47 Å². The third kappa shape index (κ3) is 3.66. The van der Waals surface area contributed by atoms with Crippen LogP contribution in [0.5, 0.6) is 5.75 Å². The summed E-state index contributed by atoms with van der Waals surface area (Å²) in [5, 5.41) is 4.70. The lowest BCUT2D eigenvalue weighted by atomic mass is 10.2. The second kappa shape index (κ2) is 6.98. The van der Waals surface area contributed by atoms with E-state index in [1.54, 1.807) is 43.3 Å². The monoisotopic (exact) mass is 399 g/mol. The van der Waals surface area contributed by atoms with Crippen molar-refractivity contribution in [2.45, 2.75) is 13.8 Å². The Labute approximate surface area is 151 Å². The molecule has 0 amide bonds. The highest BCUT2D eigenvalue weighted by molar-refractivity contribution is 9.10. The van der Waals surface area contributed by atoms with E-state index in [2.05, 4.69) is 26.0 Å². The zero-order valence-electron chi connectivity index (χ0n) is 13.6. The van der Waals surface area contributed by atoms with Gasteiger partial charge >= 0.3 is 5.97 Å². The number of carbonyl (C=O) groups excluding carboxylic acids is 1. The van der Waals surface area contributed by atoms with Crippen molar-refractivity contribution in [3.63, 3.8) is 0 Å². The van der Waals surface area contributed by atoms with Crippen LogP contribution in [0, 0.1) is 6.92 Å². The van der Waals surface area contributed by atoms with Crippen molar-refractivity contribution in [3.8, 4) is 5.75 Å². The summed E-state index contributed by atoms with van der Waals surface area (Å²) in [6, 6.07) is 12.3. The van der Waals surface area contributed by atoms with E-state index < -0.39 is 5.97 Å². The molecule has 0 spiro atoms. The molecule has 0 N–H and O–H groups in total. The summed E-state index contributed by atoms with van der Waals surface area (Å²) in [6.45, 7) is 3.03. The molecule has 7 heteroatoms. The van der Waals surface area contributed by atoms with E-state index in [4.69, 9.17) is 4.74 Å². The van der Waals surface area contributed by atoms with Crippen molar-refractivity contribution in [1.82, 2.24) is 9.66 Å². The van der Waals surface area contributed by atoms with Crippen molar-refractivity contribution >= 4 is 39.0 Å². The van der Waals surface area contributed by atoms with Crippen LogP contribution in [0.1, 0.15) is 18.3 Å². The number of carbonyl (C=O) groups is 1. The normalized spacial score (nSPS) is 11.2. The van der Waals surface area contributed by atoms with Crippen LogP contribution in [0.25, 0.3) is 10.9 Å². The Morgan fingerprint density at radius 3 is 2.80 bits per heavy atom. The number of aryl methyl sites for hydroxylation is 1. The van der Waals surface area contributed by atoms with Gasteiger partial charge in [0, 0.05) is 17.0 Å². The highest BCUT2D eigenvalue weighted by Crippen LogP contribution is 2.17. The van der Waals surface area contributed by atoms with Gasteiger partial charge in [-0.05, 0) is 37.3 Å². The third-order valence-corrected chi connectivity index (χ3v) is 3.95. The van der Waals surface area contributed by atoms with Gasteiger partial charge in [0.1, 0.15) is 11.6 Å². The number of hydrogen-bond acceptors (Lipinski definition) is 5. The lowest BCUT2D eigenvalue weighted by Gasteiger charge is -2.07. The maximum absolute atomic E-state index is 12.7. The maximum atomic E-state index is 12.7. The highest BCUT2D eigenvalue weighted by atomic mass is 79.9. The van der Waals surface area contributed by atoms with Crippen LogP contribution in [0.15, 0.2) is 56.8 Å². The van der Waals surface area contributed by atoms with Gasteiger partial charge in [0.15, 0.2) is 0 Å². The smallest absolute Gasteiger partial charge is 0.308 e. The van der Waals surface area contributed by atoms with Gasteiger partial charge in [-0.25, -0.2) is 4.98 Å². The molecule has 0 radical (unpaired) electrons. The Balaban J connectivity index is 2.08. The number of rotatable bonds is 3. The fraction of sp³-hybridized carbons (Fsp3) is 0.111. The van der Waals surface area contributed by atoms with E-state index in [0.29, 0.717) is 28.0 Å². The SMILES string of the molecule is CC(=O)Oc1ccccc1C=Nn1c(C)nc2ccc(Br)cc2c1=O. The molecule has 1 heterocycles. The zero-order chi connectivity index (χ0) is 18.0. The first-order valence-electron chi connectivity index (χ1n) is 7.46. The maximum Gasteiger partial charge on any atom is 0.308 e. The molecular formula is C18H14BrN3O3. The summed E-state index contributed by atoms with van der Waals surface area (Å²) in [6.07, 6.45) is 1.47. The Morgan fingerprint density at radius 1 is 1.28 bits per heavy atom. The third-order valence-electron chi connectivity index (χ3n) is 3.46. The Kier molecular flexibility index (Phi) is 4.76. The number of fused-ring (bicyclic) bond motifs is 1. The van der Waals surface area contributed by atoms with E-state index in [1.165, 1.54) is 17.8 Å². The van der Waals surface area contributed by atoms with Crippen LogP contribution in [-0.2, 0) is 4.79 Å². The van der Waals surface area contributed by atoms with Crippen LogP contribution in [0.3, 0.4) is 0 Å². The lowest BCUT2D eigenvalue weighted by Crippen LogP contribution is -2.20. The molecule has 0 aliphatic rings. The van der Waals surface area contributed by atoms with Crippen molar-refractivity contribution in [3.05, 3.63) is 68.7 Å². The van der Waals surface area contributed by atoms with E-state index in [-0.39, 0.29) is 5.56 Å². The van der Waals surface area contributed by atoms with Gasteiger partial charge in [0.05, 0.1) is 17.1 Å². The van der Waals surface area contributed by atoms with Gasteiger partial charge < -0.3 is 4.74 Å². The summed E-state index contributed by atoms with van der Waals surface area (Å²) >= 11 is 3.35. The van der Waals surface area contributed by atoms with Crippen LogP contribution in [0.2, 0.25) is 0 Å². The van der Waals surface area contributed by atoms with Crippen LogP contribution >= 0.6 is 15.9 Å². The molecule has 0 aliphatic heterocycles. The van der Waals surface area contributed by atoms with Crippen molar-refractivity contribution in [2.75, 3.05) is 0 Å². The Hall–Kier alpha value is -2.80. The van der Waals surface area contributed by atoms with Gasteiger partial charge in [-0.1, -0.05) is 28.1 Å². The fourth-order valence-corrected chi connectivity index (χ4v) is 2.71. The molecule has 1 aromatic heterocycles. The van der Waals surface area contributed by atoms with Crippen LogP contribution in [0.4, 0.5) is 0 Å². The topological polar surface area (TPSA) is 73.5 Å². The first kappa shape index (κ1) is 17.0. The van der Waals surface area contributed by atoms with E-state index >= 15 is 0 Å². The number of esters is 1. The molecule has 3 rings (SSSR count). The average molecular weight is 400 g/mol. The second-order valence-corrected chi connectivity index (χ2v) is 6.23. The average Bonchev–Trinajstić information content (AvgIpc) is 2.56. The van der Waals surface area contributed by atoms with E-state index in [1.807, 2.05) is 6.07 Å². The summed E-state index contributed by atoms with van der Waals surface area (Å²) in [5.41, 5.74) is 0.917. The van der Waals surface area contributed by atoms with Crippen molar-refractivity contribution in [1.29, 1.82) is 0 Å². The summed E-state index contributed by atoms with van der Waals surface area (Å²) < 4.78 is 7.15. The van der Waals surface area contributed by atoms with Gasteiger partial charge in [-0.15, -0.1) is 0 Å². The number of benzene rings is 2. The van der Waals surface area contributed by atoms with Gasteiger partial charge in [-0.2, -0.15) is 9.78 Å². The number of halogens is 1. The number of para-hydroxylation sites is 1. The minimum Gasteiger partial charge on any atom is -0.426 e. The molecule has 0 saturated heterocycles. The fourth-order valence-electron chi connectivity index (χ4n) is 2.35. The standard InChI is InChI=1S/C18H14BrN3O3/c1-11-21-16-8-7-14(19)9-15(16)18(24)22(11)20-10-13-5-3-4-6-17(13)25-12(2)23/h3-10H,1-2H3. The largest absolute Gasteiger partial charge is 0.426 e. The quantitative estimate of drug-likeness (QED) is 0.384. The molecule has 0 fully saturated rings. The van der Waals surface area contributed by atoms with E-state index in [9.17, 15) is 9.59 Å². The lowest BCUT2D eigenvalue weighted by molar-refractivity contribution is -0.131. The zero-order valence-corrected chi connectivity index (χ0v) is 15.1. The summed E-state index contributed by atoms with van der Waals surface area (Å²) in [7, 11) is 0. The molecule has 3 aromatic rings. The molecule has 0 saturated carbocycles. The predicted molar refractivity (Wildman–Crippen MR) is 99.2 cm³/mol. The molecule has 0 aliphatic carbocycles.